The summed E-state index contributed by atoms with van der Waals surface area (Å²) in [4.78, 5) is 17.0. The number of nitrogens with zero attached hydrogens (tertiary/aromatic N) is 3. The predicted octanol–water partition coefficient (Wildman–Crippen LogP) is 4.30. The molecular weight excluding hydrogens is 326 g/mol. The molecule has 0 saturated carbocycles. The zero-order chi connectivity index (χ0) is 17.8. The van der Waals surface area contributed by atoms with E-state index in [0.29, 0.717) is 11.0 Å². The van der Waals surface area contributed by atoms with Crippen LogP contribution in [0.4, 0.5) is 0 Å². The molecule has 5 aromatic rings. The molecule has 126 valence electrons. The minimum Gasteiger partial charge on any atom is -0.422 e. The maximum absolute atomic E-state index is 12.5. The largest absolute Gasteiger partial charge is 0.422 e. The van der Waals surface area contributed by atoms with Gasteiger partial charge >= 0.3 is 5.63 Å². The second kappa shape index (κ2) is 5.26. The zero-order valence-electron chi connectivity index (χ0n) is 14.4. The van der Waals surface area contributed by atoms with Crippen LogP contribution in [0, 0.1) is 13.8 Å². The summed E-state index contributed by atoms with van der Waals surface area (Å²) in [6.07, 6.45) is 1.59. The van der Waals surface area contributed by atoms with Gasteiger partial charge in [0.15, 0.2) is 5.65 Å². The van der Waals surface area contributed by atoms with Crippen LogP contribution >= 0.6 is 0 Å². The standard InChI is InChI=1S/C21H15N3O2/c1-12-8-9-17-15(10-12)19-16(21(25)26-17)11-22-20-18(19)13(2)23-24(20)14-6-4-3-5-7-14/h3-11H,1-2H3. The van der Waals surface area contributed by atoms with Crippen molar-refractivity contribution in [2.45, 2.75) is 13.8 Å². The minimum absolute atomic E-state index is 0.377. The second-order valence-electron chi connectivity index (χ2n) is 6.47. The third-order valence-electron chi connectivity index (χ3n) is 4.70. The molecule has 3 heterocycles. The first-order chi connectivity index (χ1) is 12.6. The molecule has 0 radical (unpaired) electrons. The summed E-state index contributed by atoms with van der Waals surface area (Å²) in [6, 6.07) is 15.7. The summed E-state index contributed by atoms with van der Waals surface area (Å²) in [7, 11) is 0. The third kappa shape index (κ3) is 2.00. The summed E-state index contributed by atoms with van der Waals surface area (Å²) in [6.45, 7) is 3.97. The molecular formula is C21H15N3O2. The van der Waals surface area contributed by atoms with E-state index in [1.165, 1.54) is 0 Å². The van der Waals surface area contributed by atoms with Crippen LogP contribution in [-0.2, 0) is 0 Å². The number of aromatic nitrogens is 3. The molecule has 2 aromatic carbocycles. The lowest BCUT2D eigenvalue weighted by Crippen LogP contribution is -2.02. The Morgan fingerprint density at radius 2 is 1.77 bits per heavy atom. The molecule has 0 amide bonds. The molecule has 0 aliphatic heterocycles. The Hall–Kier alpha value is -3.47. The molecule has 5 nitrogen and oxygen atoms in total. The Bertz CT molecular complexity index is 1360. The normalized spacial score (nSPS) is 11.6. The van der Waals surface area contributed by atoms with Crippen molar-refractivity contribution in [1.82, 2.24) is 14.8 Å². The zero-order valence-corrected chi connectivity index (χ0v) is 14.4. The molecule has 5 rings (SSSR count). The molecule has 0 aliphatic carbocycles. The monoisotopic (exact) mass is 341 g/mol. The highest BCUT2D eigenvalue weighted by Gasteiger charge is 2.18. The number of hydrogen-bond acceptors (Lipinski definition) is 4. The van der Waals surface area contributed by atoms with E-state index in [1.807, 2.05) is 67.1 Å². The van der Waals surface area contributed by atoms with E-state index in [2.05, 4.69) is 4.98 Å². The summed E-state index contributed by atoms with van der Waals surface area (Å²) >= 11 is 0. The van der Waals surface area contributed by atoms with E-state index in [-0.39, 0.29) is 5.63 Å². The van der Waals surface area contributed by atoms with Gasteiger partial charge < -0.3 is 4.42 Å². The van der Waals surface area contributed by atoms with Crippen LogP contribution < -0.4 is 5.63 Å². The average molecular weight is 341 g/mol. The van der Waals surface area contributed by atoms with Crippen molar-refractivity contribution in [2.75, 3.05) is 0 Å². The van der Waals surface area contributed by atoms with Crippen LogP contribution in [0.1, 0.15) is 11.3 Å². The minimum atomic E-state index is -0.377. The molecule has 0 bridgehead atoms. The van der Waals surface area contributed by atoms with Gasteiger partial charge in [-0.2, -0.15) is 5.10 Å². The van der Waals surface area contributed by atoms with Crippen LogP contribution in [0.25, 0.3) is 38.5 Å². The van der Waals surface area contributed by atoms with Gasteiger partial charge in [-0.15, -0.1) is 0 Å². The van der Waals surface area contributed by atoms with E-state index < -0.39 is 0 Å². The maximum atomic E-state index is 12.5. The Kier molecular flexibility index (Phi) is 3.00. The Morgan fingerprint density at radius 3 is 2.58 bits per heavy atom. The highest BCUT2D eigenvalue weighted by molar-refractivity contribution is 6.17. The number of aryl methyl sites for hydroxylation is 2. The highest BCUT2D eigenvalue weighted by Crippen LogP contribution is 2.32. The van der Waals surface area contributed by atoms with Gasteiger partial charge in [0.2, 0.25) is 0 Å². The first kappa shape index (κ1) is 14.8. The van der Waals surface area contributed by atoms with E-state index in [9.17, 15) is 4.79 Å². The second-order valence-corrected chi connectivity index (χ2v) is 6.47. The number of pyridine rings is 1. The fraction of sp³-hybridized carbons (Fsp3) is 0.0952. The molecule has 0 spiro atoms. The molecule has 26 heavy (non-hydrogen) atoms. The lowest BCUT2D eigenvalue weighted by molar-refractivity contribution is 0.569. The summed E-state index contributed by atoms with van der Waals surface area (Å²) in [5, 5.41) is 7.81. The summed E-state index contributed by atoms with van der Waals surface area (Å²) < 4.78 is 7.31. The van der Waals surface area contributed by atoms with Crippen molar-refractivity contribution in [3.8, 4) is 5.69 Å². The molecule has 0 fully saturated rings. The van der Waals surface area contributed by atoms with Crippen LogP contribution in [0.15, 0.2) is 63.9 Å². The molecule has 0 saturated heterocycles. The third-order valence-corrected chi connectivity index (χ3v) is 4.70. The topological polar surface area (TPSA) is 60.9 Å². The van der Waals surface area contributed by atoms with E-state index >= 15 is 0 Å². The Balaban J connectivity index is 2.03. The highest BCUT2D eigenvalue weighted by atomic mass is 16.4. The SMILES string of the molecule is Cc1ccc2oc(=O)c3cnc4c(c(C)nn4-c4ccccc4)c3c2c1. The molecule has 0 unspecified atom stereocenters. The average Bonchev–Trinajstić information content (AvgIpc) is 3.00. The fourth-order valence-corrected chi connectivity index (χ4v) is 3.52. The van der Waals surface area contributed by atoms with Gasteiger partial charge in [0, 0.05) is 17.0 Å². The summed E-state index contributed by atoms with van der Waals surface area (Å²) in [5.74, 6) is 0. The van der Waals surface area contributed by atoms with Crippen LogP contribution in [0.5, 0.6) is 0 Å². The number of hydrogen-bond donors (Lipinski definition) is 0. The van der Waals surface area contributed by atoms with Crippen molar-refractivity contribution in [3.63, 3.8) is 0 Å². The molecule has 3 aromatic heterocycles. The summed E-state index contributed by atoms with van der Waals surface area (Å²) in [5.41, 5.74) is 3.79. The van der Waals surface area contributed by atoms with Crippen molar-refractivity contribution in [1.29, 1.82) is 0 Å². The van der Waals surface area contributed by atoms with Crippen LogP contribution in [0.2, 0.25) is 0 Å². The number of benzene rings is 2. The number of rotatable bonds is 1. The lowest BCUT2D eigenvalue weighted by Gasteiger charge is -2.06. The van der Waals surface area contributed by atoms with Gasteiger partial charge in [-0.3, -0.25) is 0 Å². The van der Waals surface area contributed by atoms with E-state index in [1.54, 1.807) is 6.20 Å². The molecule has 0 N–H and O–H groups in total. The van der Waals surface area contributed by atoms with Crippen LogP contribution in [0.3, 0.4) is 0 Å². The lowest BCUT2D eigenvalue weighted by atomic mass is 10.0. The predicted molar refractivity (Wildman–Crippen MR) is 102 cm³/mol. The Labute approximate surface area is 148 Å². The first-order valence-electron chi connectivity index (χ1n) is 8.40. The smallest absolute Gasteiger partial charge is 0.345 e. The molecule has 5 heteroatoms. The van der Waals surface area contributed by atoms with Gasteiger partial charge in [0.25, 0.3) is 0 Å². The Morgan fingerprint density at radius 1 is 0.962 bits per heavy atom. The van der Waals surface area contributed by atoms with Crippen molar-refractivity contribution in [3.05, 3.63) is 76.4 Å². The number of para-hydroxylation sites is 1. The van der Waals surface area contributed by atoms with Gasteiger partial charge in [0.05, 0.1) is 22.2 Å². The quantitative estimate of drug-likeness (QED) is 0.337. The van der Waals surface area contributed by atoms with Gasteiger partial charge in [-0.25, -0.2) is 14.5 Å². The molecule has 0 aliphatic rings. The van der Waals surface area contributed by atoms with Gasteiger partial charge in [0.1, 0.15) is 5.58 Å². The first-order valence-corrected chi connectivity index (χ1v) is 8.40. The van der Waals surface area contributed by atoms with E-state index in [4.69, 9.17) is 9.52 Å². The van der Waals surface area contributed by atoms with Gasteiger partial charge in [-0.1, -0.05) is 29.8 Å². The molecule has 0 atom stereocenters. The van der Waals surface area contributed by atoms with Crippen LogP contribution in [-0.4, -0.2) is 14.8 Å². The van der Waals surface area contributed by atoms with Crippen molar-refractivity contribution in [2.24, 2.45) is 0 Å². The van der Waals surface area contributed by atoms with Crippen molar-refractivity contribution < 1.29 is 4.42 Å². The maximum Gasteiger partial charge on any atom is 0.345 e. The van der Waals surface area contributed by atoms with E-state index in [0.717, 1.165) is 38.8 Å². The van der Waals surface area contributed by atoms with Gasteiger partial charge in [-0.05, 0) is 38.1 Å². The number of fused-ring (bicyclic) bond motifs is 5. The van der Waals surface area contributed by atoms with Crippen molar-refractivity contribution >= 4 is 32.8 Å². The fourth-order valence-electron chi connectivity index (χ4n) is 3.52.